The molecule has 2 aromatic rings. The number of thiophene rings is 1. The zero-order valence-electron chi connectivity index (χ0n) is 12.9. The third-order valence-corrected chi connectivity index (χ3v) is 5.33. The molecule has 0 unspecified atom stereocenters. The highest BCUT2D eigenvalue weighted by Crippen LogP contribution is 2.35. The number of hydrogen-bond acceptors (Lipinski definition) is 4. The first-order valence-corrected chi connectivity index (χ1v) is 8.57. The second kappa shape index (κ2) is 6.50. The third-order valence-electron chi connectivity index (χ3n) is 4.33. The highest BCUT2D eigenvalue weighted by Gasteiger charge is 2.31. The Morgan fingerprint density at radius 2 is 2.17 bits per heavy atom. The largest absolute Gasteiger partial charge is 0.335 e. The number of fused-ring (bicyclic) bond motifs is 1. The van der Waals surface area contributed by atoms with E-state index in [9.17, 15) is 14.9 Å². The van der Waals surface area contributed by atoms with Crippen molar-refractivity contribution in [2.75, 3.05) is 6.54 Å². The molecule has 6 heteroatoms. The number of amides is 1. The molecule has 0 aliphatic carbocycles. The molecule has 2 heterocycles. The molecule has 5 nitrogen and oxygen atoms in total. The van der Waals surface area contributed by atoms with E-state index in [1.54, 1.807) is 29.5 Å². The van der Waals surface area contributed by atoms with Crippen LogP contribution in [-0.4, -0.2) is 22.3 Å². The van der Waals surface area contributed by atoms with Gasteiger partial charge in [0.2, 0.25) is 5.91 Å². The number of carbonyl (C=O) groups is 1. The molecule has 0 N–H and O–H groups in total. The highest BCUT2D eigenvalue weighted by molar-refractivity contribution is 7.10. The zero-order chi connectivity index (χ0) is 16.4. The summed E-state index contributed by atoms with van der Waals surface area (Å²) in [4.78, 5) is 26.7. The highest BCUT2D eigenvalue weighted by atomic mass is 32.1. The van der Waals surface area contributed by atoms with Crippen molar-refractivity contribution in [1.29, 1.82) is 0 Å². The van der Waals surface area contributed by atoms with Gasteiger partial charge in [-0.25, -0.2) is 0 Å². The molecule has 0 bridgehead atoms. The number of nitro benzene ring substituents is 1. The fourth-order valence-corrected chi connectivity index (χ4v) is 4.17. The molecule has 23 heavy (non-hydrogen) atoms. The smallest absolute Gasteiger partial charge is 0.273 e. The van der Waals surface area contributed by atoms with Crippen molar-refractivity contribution in [3.05, 3.63) is 61.8 Å². The van der Waals surface area contributed by atoms with Crippen LogP contribution in [0, 0.1) is 10.1 Å². The zero-order valence-corrected chi connectivity index (χ0v) is 13.7. The summed E-state index contributed by atoms with van der Waals surface area (Å²) in [7, 11) is 0. The van der Waals surface area contributed by atoms with Gasteiger partial charge in [-0.1, -0.05) is 25.1 Å². The summed E-state index contributed by atoms with van der Waals surface area (Å²) in [5, 5.41) is 13.2. The van der Waals surface area contributed by atoms with E-state index in [-0.39, 0.29) is 24.1 Å². The first-order chi connectivity index (χ1) is 11.1. The van der Waals surface area contributed by atoms with E-state index in [1.165, 1.54) is 16.5 Å². The summed E-state index contributed by atoms with van der Waals surface area (Å²) < 4.78 is 0. The Bertz CT molecular complexity index is 741. The van der Waals surface area contributed by atoms with Crippen LogP contribution in [0.5, 0.6) is 0 Å². The molecule has 0 saturated heterocycles. The fraction of sp³-hybridized carbons (Fsp3) is 0.353. The first-order valence-electron chi connectivity index (χ1n) is 7.69. The van der Waals surface area contributed by atoms with Gasteiger partial charge in [-0.2, -0.15) is 0 Å². The monoisotopic (exact) mass is 330 g/mol. The molecule has 0 fully saturated rings. The Labute approximate surface area is 138 Å². The summed E-state index contributed by atoms with van der Waals surface area (Å²) in [5.74, 6) is -0.0389. The van der Waals surface area contributed by atoms with Crippen LogP contribution < -0.4 is 0 Å². The van der Waals surface area contributed by atoms with Crippen molar-refractivity contribution in [3.8, 4) is 0 Å². The van der Waals surface area contributed by atoms with Gasteiger partial charge in [0.1, 0.15) is 0 Å². The number of hydrogen-bond donors (Lipinski definition) is 0. The molecular weight excluding hydrogens is 312 g/mol. The molecule has 1 aromatic carbocycles. The molecular formula is C17H18N2O3S. The second-order valence-corrected chi connectivity index (χ2v) is 6.62. The number of nitro groups is 1. The summed E-state index contributed by atoms with van der Waals surface area (Å²) >= 11 is 1.74. The Balaban J connectivity index is 1.83. The molecule has 1 aromatic heterocycles. The summed E-state index contributed by atoms with van der Waals surface area (Å²) in [6, 6.07) is 8.66. The van der Waals surface area contributed by atoms with E-state index in [2.05, 4.69) is 18.4 Å². The van der Waals surface area contributed by atoms with Crippen LogP contribution in [0.3, 0.4) is 0 Å². The maximum Gasteiger partial charge on any atom is 0.273 e. The number of carbonyl (C=O) groups excluding carboxylic acids is 1. The lowest BCUT2D eigenvalue weighted by atomic mass is 9.96. The van der Waals surface area contributed by atoms with Crippen molar-refractivity contribution in [3.63, 3.8) is 0 Å². The normalized spacial score (nSPS) is 16.9. The van der Waals surface area contributed by atoms with Gasteiger partial charge in [-0.05, 0) is 29.9 Å². The Morgan fingerprint density at radius 3 is 2.91 bits per heavy atom. The molecule has 1 amide bonds. The van der Waals surface area contributed by atoms with E-state index in [1.807, 2.05) is 4.90 Å². The average Bonchev–Trinajstić information content (AvgIpc) is 3.02. The fourth-order valence-electron chi connectivity index (χ4n) is 3.24. The Kier molecular flexibility index (Phi) is 4.43. The summed E-state index contributed by atoms with van der Waals surface area (Å²) in [6.07, 6.45) is 1.80. The topological polar surface area (TPSA) is 63.5 Å². The van der Waals surface area contributed by atoms with Crippen molar-refractivity contribution in [2.45, 2.75) is 32.2 Å². The maximum absolute atomic E-state index is 12.8. The van der Waals surface area contributed by atoms with Gasteiger partial charge in [-0.15, -0.1) is 11.3 Å². The van der Waals surface area contributed by atoms with Crippen LogP contribution in [0.25, 0.3) is 0 Å². The molecule has 0 saturated carbocycles. The lowest BCUT2D eigenvalue weighted by molar-refractivity contribution is -0.385. The van der Waals surface area contributed by atoms with Crippen molar-refractivity contribution >= 4 is 22.9 Å². The minimum Gasteiger partial charge on any atom is -0.335 e. The van der Waals surface area contributed by atoms with Crippen LogP contribution in [0.4, 0.5) is 5.69 Å². The van der Waals surface area contributed by atoms with Crippen molar-refractivity contribution in [1.82, 2.24) is 4.90 Å². The second-order valence-electron chi connectivity index (χ2n) is 5.62. The molecule has 0 radical (unpaired) electrons. The van der Waals surface area contributed by atoms with Gasteiger partial charge in [0, 0.05) is 23.1 Å². The molecule has 1 aliphatic rings. The van der Waals surface area contributed by atoms with E-state index in [4.69, 9.17) is 0 Å². The van der Waals surface area contributed by atoms with Crippen molar-refractivity contribution < 1.29 is 9.72 Å². The summed E-state index contributed by atoms with van der Waals surface area (Å²) in [6.45, 7) is 2.76. The van der Waals surface area contributed by atoms with Crippen LogP contribution in [0.2, 0.25) is 0 Å². The van der Waals surface area contributed by atoms with E-state index >= 15 is 0 Å². The number of rotatable bonds is 4. The Hall–Kier alpha value is -2.21. The SMILES string of the molecule is CC[C@@H]1c2ccsc2CCN1C(=O)Cc1ccccc1[N+](=O)[O-]. The third kappa shape index (κ3) is 2.99. The molecule has 1 atom stereocenters. The Morgan fingerprint density at radius 1 is 1.39 bits per heavy atom. The van der Waals surface area contributed by atoms with Gasteiger partial charge < -0.3 is 4.90 Å². The van der Waals surface area contributed by atoms with Crippen LogP contribution in [0.15, 0.2) is 35.7 Å². The maximum atomic E-state index is 12.8. The minimum atomic E-state index is -0.424. The number of para-hydroxylation sites is 1. The number of nitrogens with zero attached hydrogens (tertiary/aromatic N) is 2. The van der Waals surface area contributed by atoms with E-state index in [0.29, 0.717) is 12.1 Å². The van der Waals surface area contributed by atoms with Crippen LogP contribution in [-0.2, 0) is 17.6 Å². The quantitative estimate of drug-likeness (QED) is 0.634. The molecule has 0 spiro atoms. The van der Waals surface area contributed by atoms with E-state index < -0.39 is 4.92 Å². The lowest BCUT2D eigenvalue weighted by Gasteiger charge is -2.35. The van der Waals surface area contributed by atoms with Gasteiger partial charge >= 0.3 is 0 Å². The van der Waals surface area contributed by atoms with Crippen molar-refractivity contribution in [2.24, 2.45) is 0 Å². The van der Waals surface area contributed by atoms with Gasteiger partial charge in [0.05, 0.1) is 17.4 Å². The van der Waals surface area contributed by atoms with Crippen LogP contribution in [0.1, 0.15) is 35.4 Å². The van der Waals surface area contributed by atoms with Gasteiger partial charge in [0.25, 0.3) is 5.69 Å². The molecule has 1 aliphatic heterocycles. The van der Waals surface area contributed by atoms with Gasteiger partial charge in [0.15, 0.2) is 0 Å². The summed E-state index contributed by atoms with van der Waals surface area (Å²) in [5.41, 5.74) is 1.73. The molecule has 3 rings (SSSR count). The predicted molar refractivity (Wildman–Crippen MR) is 89.6 cm³/mol. The first kappa shape index (κ1) is 15.7. The predicted octanol–water partition coefficient (Wildman–Crippen LogP) is 3.73. The van der Waals surface area contributed by atoms with Gasteiger partial charge in [-0.3, -0.25) is 14.9 Å². The molecule has 120 valence electrons. The van der Waals surface area contributed by atoms with Crippen LogP contribution >= 0.6 is 11.3 Å². The number of benzene rings is 1. The standard InChI is InChI=1S/C17H18N2O3S/c1-2-14-13-8-10-23-16(13)7-9-18(14)17(20)11-12-5-3-4-6-15(12)19(21)22/h3-6,8,10,14H,2,7,9,11H2,1H3/t14-/m1/s1. The van der Waals surface area contributed by atoms with E-state index in [0.717, 1.165) is 12.8 Å². The average molecular weight is 330 g/mol. The minimum absolute atomic E-state index is 0.0159. The lowest BCUT2D eigenvalue weighted by Crippen LogP contribution is -2.40.